The van der Waals surface area contributed by atoms with Gasteiger partial charge < -0.3 is 16.6 Å². The summed E-state index contributed by atoms with van der Waals surface area (Å²) in [5.41, 5.74) is 15.2. The van der Waals surface area contributed by atoms with Crippen molar-refractivity contribution in [1.82, 2.24) is 9.61 Å². The molecule has 31 heavy (non-hydrogen) atoms. The molecule has 1 saturated carbocycles. The molecule has 3 unspecified atom stereocenters. The largest absolute Gasteiger partial charge is 0.374 e. The van der Waals surface area contributed by atoms with Crippen molar-refractivity contribution in [3.8, 4) is 11.1 Å². The molecule has 7 nitrogen and oxygen atoms in total. The quantitative estimate of drug-likeness (QED) is 0.430. The molecule has 5 N–H and O–H groups in total. The Morgan fingerprint density at radius 3 is 2.74 bits per heavy atom. The number of nitrogens with two attached hydrogens (primary N) is 2. The summed E-state index contributed by atoms with van der Waals surface area (Å²) in [5, 5.41) is 14.5. The lowest BCUT2D eigenvalue weighted by Crippen LogP contribution is -2.24. The Kier molecular flexibility index (Phi) is 5.41. The molecule has 0 aliphatic heterocycles. The van der Waals surface area contributed by atoms with Gasteiger partial charge in [0.2, 0.25) is 5.91 Å². The summed E-state index contributed by atoms with van der Waals surface area (Å²) < 4.78 is 1.69. The number of nitrogens with zero attached hydrogens (tertiary/aromatic N) is 3. The summed E-state index contributed by atoms with van der Waals surface area (Å²) in [6.45, 7) is 6.83. The third-order valence-electron chi connectivity index (χ3n) is 6.98. The van der Waals surface area contributed by atoms with Crippen LogP contribution in [0.4, 0.5) is 5.69 Å². The lowest BCUT2D eigenvalue weighted by molar-refractivity contribution is 0.100. The summed E-state index contributed by atoms with van der Waals surface area (Å²) >= 11 is 0. The third-order valence-corrected chi connectivity index (χ3v) is 6.98. The van der Waals surface area contributed by atoms with Crippen molar-refractivity contribution in [2.24, 2.45) is 33.7 Å². The number of benzene rings is 1. The molecule has 1 aliphatic rings. The Balaban J connectivity index is 1.84. The highest BCUT2D eigenvalue weighted by Crippen LogP contribution is 2.46. The molecule has 7 heteroatoms. The standard InChI is InChI=1S/C24H29N5O2/c1-14-8-9-16(24(14,2)3)11-27-21-19(23(26)31)12-28-29-13-15(10-20(21)29)17-6-4-5-7-18(17)22(25)30/h4-7,10-14,16,23,31H,8-9,26H2,1-3H3,(H2,25,30). The topological polar surface area (TPSA) is 119 Å². The Hall–Kier alpha value is -3.03. The summed E-state index contributed by atoms with van der Waals surface area (Å²) in [6, 6.07) is 9.08. The van der Waals surface area contributed by atoms with Gasteiger partial charge in [-0.05, 0) is 47.8 Å². The lowest BCUT2D eigenvalue weighted by atomic mass is 9.77. The number of aliphatic imine (C=N–C) groups is 1. The van der Waals surface area contributed by atoms with Crippen molar-refractivity contribution >= 4 is 23.3 Å². The maximum Gasteiger partial charge on any atom is 0.249 e. The van der Waals surface area contributed by atoms with Gasteiger partial charge in [-0.1, -0.05) is 39.0 Å². The number of carbonyl (C=O) groups excluding carboxylic acids is 1. The number of primary amides is 1. The number of amides is 1. The normalized spacial score (nSPS) is 21.7. The zero-order valence-corrected chi connectivity index (χ0v) is 18.1. The predicted octanol–water partition coefficient (Wildman–Crippen LogP) is 3.82. The van der Waals surface area contributed by atoms with Crippen LogP contribution >= 0.6 is 0 Å². The number of aromatic nitrogens is 2. The van der Waals surface area contributed by atoms with Crippen LogP contribution in [0.1, 0.15) is 55.8 Å². The van der Waals surface area contributed by atoms with Gasteiger partial charge in [0.15, 0.2) is 0 Å². The molecule has 0 saturated heterocycles. The maximum absolute atomic E-state index is 11.9. The Morgan fingerprint density at radius 2 is 2.10 bits per heavy atom. The SMILES string of the molecule is CC1CCC(C=Nc2c(C(N)O)cnn3cc(-c4ccccc4C(N)=O)cc23)C1(C)C. The van der Waals surface area contributed by atoms with Crippen LogP contribution in [0.15, 0.2) is 47.7 Å². The Labute approximate surface area is 181 Å². The highest BCUT2D eigenvalue weighted by molar-refractivity contribution is 6.00. The number of aliphatic hydroxyl groups is 1. The van der Waals surface area contributed by atoms with Crippen LogP contribution in [0.25, 0.3) is 16.6 Å². The van der Waals surface area contributed by atoms with Gasteiger partial charge in [-0.15, -0.1) is 0 Å². The maximum atomic E-state index is 11.9. The number of hydrogen-bond donors (Lipinski definition) is 3. The van der Waals surface area contributed by atoms with E-state index in [9.17, 15) is 9.90 Å². The van der Waals surface area contributed by atoms with Gasteiger partial charge >= 0.3 is 0 Å². The number of aliphatic hydroxyl groups excluding tert-OH is 1. The zero-order chi connectivity index (χ0) is 22.3. The number of rotatable bonds is 5. The number of hydrogen-bond acceptors (Lipinski definition) is 5. The fourth-order valence-electron chi connectivity index (χ4n) is 4.48. The molecule has 3 aromatic rings. The van der Waals surface area contributed by atoms with Crippen LogP contribution in [0.2, 0.25) is 0 Å². The van der Waals surface area contributed by atoms with Crippen molar-refractivity contribution in [2.75, 3.05) is 0 Å². The fraction of sp³-hybridized carbons (Fsp3) is 0.375. The molecule has 4 rings (SSSR count). The summed E-state index contributed by atoms with van der Waals surface area (Å²) in [4.78, 5) is 16.7. The predicted molar refractivity (Wildman–Crippen MR) is 122 cm³/mol. The summed E-state index contributed by atoms with van der Waals surface area (Å²) in [6.07, 6.45) is 6.41. The second kappa shape index (κ2) is 7.90. The highest BCUT2D eigenvalue weighted by atomic mass is 16.3. The van der Waals surface area contributed by atoms with Crippen LogP contribution < -0.4 is 11.5 Å². The molecule has 1 amide bonds. The van der Waals surface area contributed by atoms with E-state index in [1.807, 2.05) is 30.6 Å². The Morgan fingerprint density at radius 1 is 1.35 bits per heavy atom. The number of carbonyl (C=O) groups is 1. The smallest absolute Gasteiger partial charge is 0.249 e. The first-order chi connectivity index (χ1) is 14.7. The van der Waals surface area contributed by atoms with E-state index in [4.69, 9.17) is 16.5 Å². The van der Waals surface area contributed by atoms with Gasteiger partial charge in [0.05, 0.1) is 17.4 Å². The van der Waals surface area contributed by atoms with E-state index in [1.165, 1.54) is 12.6 Å². The molecular weight excluding hydrogens is 390 g/mol. The second-order valence-electron chi connectivity index (χ2n) is 9.05. The lowest BCUT2D eigenvalue weighted by Gasteiger charge is -2.28. The van der Waals surface area contributed by atoms with E-state index in [0.717, 1.165) is 17.5 Å². The molecule has 162 valence electrons. The van der Waals surface area contributed by atoms with E-state index in [0.29, 0.717) is 34.2 Å². The third kappa shape index (κ3) is 3.75. The highest BCUT2D eigenvalue weighted by Gasteiger charge is 2.39. The molecule has 1 aliphatic carbocycles. The van der Waals surface area contributed by atoms with Crippen molar-refractivity contribution in [1.29, 1.82) is 0 Å². The monoisotopic (exact) mass is 419 g/mol. The van der Waals surface area contributed by atoms with Crippen LogP contribution in [0.3, 0.4) is 0 Å². The van der Waals surface area contributed by atoms with Gasteiger partial charge in [0.25, 0.3) is 0 Å². The average molecular weight is 420 g/mol. The van der Waals surface area contributed by atoms with Gasteiger partial charge in [-0.25, -0.2) is 4.52 Å². The van der Waals surface area contributed by atoms with Crippen LogP contribution in [-0.4, -0.2) is 26.8 Å². The minimum atomic E-state index is -1.20. The van der Waals surface area contributed by atoms with Crippen molar-refractivity contribution in [3.63, 3.8) is 0 Å². The molecule has 2 aromatic heterocycles. The van der Waals surface area contributed by atoms with E-state index in [-0.39, 0.29) is 5.41 Å². The van der Waals surface area contributed by atoms with Crippen molar-refractivity contribution in [3.05, 3.63) is 53.9 Å². The zero-order valence-electron chi connectivity index (χ0n) is 18.1. The second-order valence-corrected chi connectivity index (χ2v) is 9.05. The van der Waals surface area contributed by atoms with Gasteiger partial charge in [-0.2, -0.15) is 5.10 Å². The molecule has 0 spiro atoms. The van der Waals surface area contributed by atoms with Gasteiger partial charge in [0.1, 0.15) is 6.23 Å². The molecule has 1 fully saturated rings. The van der Waals surface area contributed by atoms with Crippen molar-refractivity contribution < 1.29 is 9.90 Å². The summed E-state index contributed by atoms with van der Waals surface area (Å²) in [7, 11) is 0. The first-order valence-electron chi connectivity index (χ1n) is 10.6. The minimum Gasteiger partial charge on any atom is -0.374 e. The average Bonchev–Trinajstić information content (AvgIpc) is 3.27. The number of fused-ring (bicyclic) bond motifs is 1. The molecule has 0 bridgehead atoms. The molecule has 3 atom stereocenters. The van der Waals surface area contributed by atoms with E-state index >= 15 is 0 Å². The van der Waals surface area contributed by atoms with Crippen LogP contribution in [-0.2, 0) is 0 Å². The first kappa shape index (κ1) is 21.2. The van der Waals surface area contributed by atoms with Gasteiger partial charge in [0, 0.05) is 29.1 Å². The Bertz CT molecular complexity index is 1160. The van der Waals surface area contributed by atoms with Gasteiger partial charge in [-0.3, -0.25) is 9.79 Å². The van der Waals surface area contributed by atoms with E-state index in [1.54, 1.807) is 16.6 Å². The molecule has 1 aromatic carbocycles. The summed E-state index contributed by atoms with van der Waals surface area (Å²) in [5.74, 6) is 0.461. The van der Waals surface area contributed by atoms with Crippen molar-refractivity contribution in [2.45, 2.75) is 39.8 Å². The molecule has 2 heterocycles. The molecular formula is C24H29N5O2. The van der Waals surface area contributed by atoms with Crippen LogP contribution in [0, 0.1) is 17.3 Å². The fourth-order valence-corrected chi connectivity index (χ4v) is 4.48. The van der Waals surface area contributed by atoms with E-state index < -0.39 is 12.1 Å². The van der Waals surface area contributed by atoms with E-state index in [2.05, 4.69) is 25.9 Å². The molecule has 0 radical (unpaired) electrons. The first-order valence-corrected chi connectivity index (χ1v) is 10.6. The van der Waals surface area contributed by atoms with Crippen LogP contribution in [0.5, 0.6) is 0 Å². The minimum absolute atomic E-state index is 0.155.